The number of alkyl halides is 3. The fourth-order valence-corrected chi connectivity index (χ4v) is 4.21. The summed E-state index contributed by atoms with van der Waals surface area (Å²) in [5.74, 6) is 0.496. The topological polar surface area (TPSA) is 57.7 Å². The van der Waals surface area contributed by atoms with E-state index in [9.17, 15) is 18.0 Å². The van der Waals surface area contributed by atoms with E-state index in [2.05, 4.69) is 6.92 Å². The smallest absolute Gasteiger partial charge is 0.416 e. The second-order valence-electron chi connectivity index (χ2n) is 8.69. The highest BCUT2D eigenvalue weighted by atomic mass is 35.5. The van der Waals surface area contributed by atoms with E-state index >= 15 is 0 Å². The summed E-state index contributed by atoms with van der Waals surface area (Å²) in [6.07, 6.45) is -1.80. The van der Waals surface area contributed by atoms with E-state index in [1.54, 1.807) is 31.2 Å². The zero-order valence-electron chi connectivity index (χ0n) is 21.6. The summed E-state index contributed by atoms with van der Waals surface area (Å²) in [4.78, 5) is 16.5. The summed E-state index contributed by atoms with van der Waals surface area (Å²) in [7, 11) is 1.51. The summed E-state index contributed by atoms with van der Waals surface area (Å²) in [6, 6.07) is 13.8. The lowest BCUT2D eigenvalue weighted by Gasteiger charge is -2.22. The molecular formula is C29H31ClF3NO4. The molecule has 3 aromatic rings. The largest absolute Gasteiger partial charge is 0.493 e. The van der Waals surface area contributed by atoms with Crippen molar-refractivity contribution in [3.8, 4) is 22.8 Å². The van der Waals surface area contributed by atoms with Gasteiger partial charge in [0, 0.05) is 12.0 Å². The molecule has 0 aliphatic carbocycles. The molecule has 9 heteroatoms. The summed E-state index contributed by atoms with van der Waals surface area (Å²) >= 11 is 6.60. The van der Waals surface area contributed by atoms with Gasteiger partial charge in [-0.2, -0.15) is 13.2 Å². The Morgan fingerprint density at radius 1 is 1.08 bits per heavy atom. The SMILES string of the molecule is CCCCC(Oc1c(Cl)cc(CCC(=O)OCC)cc1OC)c1cccc(-c2ccc(C(F)(F)F)cc2)n1. The highest BCUT2D eigenvalue weighted by Gasteiger charge is 2.30. The number of hydrogen-bond acceptors (Lipinski definition) is 5. The van der Waals surface area contributed by atoms with Gasteiger partial charge in [0.1, 0.15) is 6.10 Å². The Balaban J connectivity index is 1.88. The highest BCUT2D eigenvalue weighted by Crippen LogP contribution is 2.40. The van der Waals surface area contributed by atoms with Crippen molar-refractivity contribution in [2.75, 3.05) is 13.7 Å². The van der Waals surface area contributed by atoms with E-state index in [4.69, 9.17) is 30.8 Å². The molecule has 0 radical (unpaired) electrons. The van der Waals surface area contributed by atoms with Crippen LogP contribution in [0.5, 0.6) is 11.5 Å². The van der Waals surface area contributed by atoms with Crippen molar-refractivity contribution < 1.29 is 32.2 Å². The average molecular weight is 550 g/mol. The Morgan fingerprint density at radius 2 is 1.82 bits per heavy atom. The number of methoxy groups -OCH3 is 1. The summed E-state index contributed by atoms with van der Waals surface area (Å²) in [5.41, 5.74) is 1.82. The van der Waals surface area contributed by atoms with Gasteiger partial charge < -0.3 is 14.2 Å². The minimum Gasteiger partial charge on any atom is -0.493 e. The zero-order valence-corrected chi connectivity index (χ0v) is 22.4. The van der Waals surface area contributed by atoms with E-state index in [0.29, 0.717) is 52.9 Å². The van der Waals surface area contributed by atoms with Crippen LogP contribution in [0.3, 0.4) is 0 Å². The Bertz CT molecular complexity index is 1220. The number of rotatable bonds is 12. The number of benzene rings is 2. The average Bonchev–Trinajstić information content (AvgIpc) is 2.90. The fourth-order valence-electron chi connectivity index (χ4n) is 3.93. The van der Waals surface area contributed by atoms with Crippen LogP contribution < -0.4 is 9.47 Å². The van der Waals surface area contributed by atoms with Gasteiger partial charge in [-0.25, -0.2) is 4.98 Å². The number of aryl methyl sites for hydroxylation is 1. The number of aromatic nitrogens is 1. The van der Waals surface area contributed by atoms with Crippen LogP contribution in [0.15, 0.2) is 54.6 Å². The maximum absolute atomic E-state index is 13.0. The van der Waals surface area contributed by atoms with Gasteiger partial charge in [0.25, 0.3) is 0 Å². The van der Waals surface area contributed by atoms with Crippen LogP contribution in [-0.2, 0) is 22.1 Å². The first-order chi connectivity index (χ1) is 18.2. The number of carbonyl (C=O) groups excluding carboxylic acids is 1. The number of halogens is 4. The van der Waals surface area contributed by atoms with Crippen molar-refractivity contribution in [1.82, 2.24) is 4.98 Å². The first-order valence-electron chi connectivity index (χ1n) is 12.5. The van der Waals surface area contributed by atoms with Crippen LogP contribution in [0.4, 0.5) is 13.2 Å². The van der Waals surface area contributed by atoms with Crippen LogP contribution in [0.2, 0.25) is 5.02 Å². The fraction of sp³-hybridized carbons (Fsp3) is 0.379. The van der Waals surface area contributed by atoms with E-state index < -0.39 is 17.8 Å². The quantitative estimate of drug-likeness (QED) is 0.213. The van der Waals surface area contributed by atoms with Gasteiger partial charge in [0.05, 0.1) is 35.7 Å². The van der Waals surface area contributed by atoms with Crippen molar-refractivity contribution in [1.29, 1.82) is 0 Å². The van der Waals surface area contributed by atoms with E-state index in [1.807, 2.05) is 6.07 Å². The lowest BCUT2D eigenvalue weighted by molar-refractivity contribution is -0.143. The minimum absolute atomic E-state index is 0.216. The third-order valence-electron chi connectivity index (χ3n) is 5.90. The van der Waals surface area contributed by atoms with Crippen molar-refractivity contribution in [3.63, 3.8) is 0 Å². The maximum Gasteiger partial charge on any atom is 0.416 e. The standard InChI is InChI=1S/C29H31ClF3NO4/c1-4-6-10-25(24-9-7-8-23(34-24)20-12-14-21(15-13-20)29(31,32)33)38-28-22(30)17-19(18-26(28)36-3)11-16-27(35)37-5-2/h7-9,12-15,17-18,25H,4-6,10-11,16H2,1-3H3. The van der Waals surface area contributed by atoms with Crippen LogP contribution in [0.1, 0.15) is 62.5 Å². The van der Waals surface area contributed by atoms with Gasteiger partial charge in [0.2, 0.25) is 0 Å². The van der Waals surface area contributed by atoms with Gasteiger partial charge in [0.15, 0.2) is 11.5 Å². The van der Waals surface area contributed by atoms with Crippen molar-refractivity contribution >= 4 is 17.6 Å². The first kappa shape index (κ1) is 29.3. The molecule has 0 saturated heterocycles. The molecule has 0 aliphatic rings. The van der Waals surface area contributed by atoms with Crippen LogP contribution >= 0.6 is 11.6 Å². The van der Waals surface area contributed by atoms with E-state index in [1.165, 1.54) is 19.2 Å². The van der Waals surface area contributed by atoms with Gasteiger partial charge >= 0.3 is 12.1 Å². The van der Waals surface area contributed by atoms with Gasteiger partial charge in [-0.05, 0) is 68.1 Å². The molecule has 38 heavy (non-hydrogen) atoms. The number of hydrogen-bond donors (Lipinski definition) is 0. The molecule has 3 rings (SSSR count). The van der Waals surface area contributed by atoms with Crippen molar-refractivity contribution in [2.45, 2.75) is 58.2 Å². The predicted octanol–water partition coefficient (Wildman–Crippen LogP) is 8.24. The van der Waals surface area contributed by atoms with Crippen LogP contribution in [-0.4, -0.2) is 24.7 Å². The molecular weight excluding hydrogens is 519 g/mol. The molecule has 0 spiro atoms. The zero-order chi connectivity index (χ0) is 27.7. The molecule has 0 amide bonds. The highest BCUT2D eigenvalue weighted by molar-refractivity contribution is 6.32. The third kappa shape index (κ3) is 7.87. The predicted molar refractivity (Wildman–Crippen MR) is 141 cm³/mol. The number of nitrogens with zero attached hydrogens (tertiary/aromatic N) is 1. The number of unbranched alkanes of at least 4 members (excludes halogenated alkanes) is 1. The molecule has 2 aromatic carbocycles. The number of pyridine rings is 1. The summed E-state index contributed by atoms with van der Waals surface area (Å²) in [6.45, 7) is 4.14. The van der Waals surface area contributed by atoms with E-state index in [0.717, 1.165) is 30.5 Å². The third-order valence-corrected chi connectivity index (χ3v) is 6.18. The maximum atomic E-state index is 13.0. The molecule has 0 bridgehead atoms. The van der Waals surface area contributed by atoms with Crippen molar-refractivity contribution in [2.24, 2.45) is 0 Å². The van der Waals surface area contributed by atoms with Crippen molar-refractivity contribution in [3.05, 3.63) is 76.4 Å². The number of ether oxygens (including phenoxy) is 3. The minimum atomic E-state index is -4.40. The molecule has 204 valence electrons. The van der Waals surface area contributed by atoms with Gasteiger partial charge in [-0.3, -0.25) is 4.79 Å². The Hall–Kier alpha value is -3.26. The molecule has 0 saturated carbocycles. The second kappa shape index (κ2) is 13.5. The van der Waals surface area contributed by atoms with Crippen LogP contribution in [0.25, 0.3) is 11.3 Å². The Labute approximate surface area is 225 Å². The molecule has 0 fully saturated rings. The number of carbonyl (C=O) groups is 1. The summed E-state index contributed by atoms with van der Waals surface area (Å²) < 4.78 is 55.8. The first-order valence-corrected chi connectivity index (χ1v) is 12.9. The molecule has 0 aliphatic heterocycles. The Morgan fingerprint density at radius 3 is 2.45 bits per heavy atom. The molecule has 0 N–H and O–H groups in total. The Kier molecular flexibility index (Phi) is 10.4. The van der Waals surface area contributed by atoms with Gasteiger partial charge in [-0.15, -0.1) is 0 Å². The monoisotopic (exact) mass is 549 g/mol. The second-order valence-corrected chi connectivity index (χ2v) is 9.09. The van der Waals surface area contributed by atoms with E-state index in [-0.39, 0.29) is 12.4 Å². The molecule has 1 heterocycles. The summed E-state index contributed by atoms with van der Waals surface area (Å²) in [5, 5.41) is 0.337. The van der Waals surface area contributed by atoms with Crippen LogP contribution in [0, 0.1) is 0 Å². The molecule has 1 atom stereocenters. The lowest BCUT2D eigenvalue weighted by atomic mass is 10.0. The molecule has 5 nitrogen and oxygen atoms in total. The number of esters is 1. The molecule has 1 unspecified atom stereocenters. The van der Waals surface area contributed by atoms with Gasteiger partial charge in [-0.1, -0.05) is 43.1 Å². The lowest BCUT2D eigenvalue weighted by Crippen LogP contribution is -2.11. The molecule has 1 aromatic heterocycles. The normalized spacial score (nSPS) is 12.2.